The zero-order valence-electron chi connectivity index (χ0n) is 17.7. The number of carbonyl (C=O) groups is 2. The number of anilines is 1. The molecule has 2 heterocycles. The Morgan fingerprint density at radius 3 is 2.33 bits per heavy atom. The number of piperazine rings is 1. The number of aliphatic hydroxyl groups excluding tert-OH is 1. The lowest BCUT2D eigenvalue weighted by atomic mass is 10.1. The van der Waals surface area contributed by atoms with Crippen molar-refractivity contribution < 1.29 is 19.4 Å². The number of benzene rings is 2. The van der Waals surface area contributed by atoms with E-state index in [1.165, 1.54) is 11.3 Å². The van der Waals surface area contributed by atoms with Crippen molar-refractivity contribution in [3.05, 3.63) is 59.5 Å². The summed E-state index contributed by atoms with van der Waals surface area (Å²) in [5.74, 6) is 5.35. The summed E-state index contributed by atoms with van der Waals surface area (Å²) in [6.07, 6.45) is 0. The molecule has 2 amide bonds. The molecule has 4 rings (SSSR count). The zero-order chi connectivity index (χ0) is 23.2. The standard InChI is InChI=1S/C24H22N4O4S/c25-23(31)22-21(17-8-10-19(11-9-17)32-18-5-2-1-3-6-18)26-24(33-22)28-14-12-27(13-15-28)20(30)7-4-16-29/h1-3,5-6,8-11,29H,12-16H2,(H2,25,31). The van der Waals surface area contributed by atoms with Crippen molar-refractivity contribution in [3.63, 3.8) is 0 Å². The quantitative estimate of drug-likeness (QED) is 0.564. The van der Waals surface area contributed by atoms with Crippen LogP contribution in [-0.4, -0.2) is 59.6 Å². The van der Waals surface area contributed by atoms with E-state index < -0.39 is 5.91 Å². The molecule has 1 saturated heterocycles. The summed E-state index contributed by atoms with van der Waals surface area (Å²) in [7, 11) is 0. The van der Waals surface area contributed by atoms with Crippen molar-refractivity contribution in [1.29, 1.82) is 0 Å². The van der Waals surface area contributed by atoms with E-state index in [-0.39, 0.29) is 12.5 Å². The molecule has 0 radical (unpaired) electrons. The second kappa shape index (κ2) is 10.2. The summed E-state index contributed by atoms with van der Waals surface area (Å²) in [6, 6.07) is 16.8. The third kappa shape index (κ3) is 5.31. The molecule has 33 heavy (non-hydrogen) atoms. The Kier molecular flexibility index (Phi) is 6.88. The maximum atomic E-state index is 12.1. The van der Waals surface area contributed by atoms with Crippen molar-refractivity contribution in [3.8, 4) is 34.6 Å². The number of hydrogen-bond donors (Lipinski definition) is 2. The van der Waals surface area contributed by atoms with Gasteiger partial charge in [0.2, 0.25) is 0 Å². The molecule has 1 aromatic heterocycles. The molecule has 1 aliphatic heterocycles. The van der Waals surface area contributed by atoms with E-state index in [1.807, 2.05) is 59.5 Å². The van der Waals surface area contributed by atoms with Crippen LogP contribution in [0.25, 0.3) is 11.3 Å². The first kappa shape index (κ1) is 22.3. The SMILES string of the molecule is NC(=O)c1sc(N2CCN(C(=O)C#CCO)CC2)nc1-c1ccc(Oc2ccccc2)cc1. The van der Waals surface area contributed by atoms with Gasteiger partial charge in [-0.3, -0.25) is 9.59 Å². The van der Waals surface area contributed by atoms with Crippen molar-refractivity contribution in [2.75, 3.05) is 37.7 Å². The number of aromatic nitrogens is 1. The molecule has 2 aromatic carbocycles. The largest absolute Gasteiger partial charge is 0.457 e. The Labute approximate surface area is 195 Å². The summed E-state index contributed by atoms with van der Waals surface area (Å²) in [4.78, 5) is 32.9. The van der Waals surface area contributed by atoms with Crippen molar-refractivity contribution in [2.24, 2.45) is 5.73 Å². The molecule has 0 atom stereocenters. The van der Waals surface area contributed by atoms with Crippen LogP contribution in [0.15, 0.2) is 54.6 Å². The average molecular weight is 463 g/mol. The van der Waals surface area contributed by atoms with E-state index in [9.17, 15) is 9.59 Å². The van der Waals surface area contributed by atoms with Gasteiger partial charge >= 0.3 is 0 Å². The van der Waals surface area contributed by atoms with Gasteiger partial charge in [0.15, 0.2) is 5.13 Å². The van der Waals surface area contributed by atoms with Crippen molar-refractivity contribution in [1.82, 2.24) is 9.88 Å². The number of para-hydroxylation sites is 1. The van der Waals surface area contributed by atoms with Gasteiger partial charge in [0.25, 0.3) is 11.8 Å². The number of aliphatic hydroxyl groups is 1. The van der Waals surface area contributed by atoms with E-state index in [2.05, 4.69) is 11.8 Å². The molecule has 1 aliphatic rings. The highest BCUT2D eigenvalue weighted by Crippen LogP contribution is 2.34. The molecule has 0 aliphatic carbocycles. The van der Waals surface area contributed by atoms with E-state index in [4.69, 9.17) is 20.6 Å². The van der Waals surface area contributed by atoms with Crippen molar-refractivity contribution >= 4 is 28.3 Å². The van der Waals surface area contributed by atoms with Gasteiger partial charge in [0.05, 0.1) is 5.69 Å². The summed E-state index contributed by atoms with van der Waals surface area (Å²) >= 11 is 1.24. The van der Waals surface area contributed by atoms with Crippen LogP contribution in [-0.2, 0) is 4.79 Å². The number of rotatable bonds is 5. The number of nitrogens with two attached hydrogens (primary N) is 1. The van der Waals surface area contributed by atoms with Gasteiger partial charge in [-0.05, 0) is 42.3 Å². The van der Waals surface area contributed by atoms with Crippen LogP contribution in [0, 0.1) is 11.8 Å². The van der Waals surface area contributed by atoms with Crippen LogP contribution < -0.4 is 15.4 Å². The Hall–Kier alpha value is -3.87. The maximum absolute atomic E-state index is 12.1. The predicted molar refractivity (Wildman–Crippen MR) is 126 cm³/mol. The fourth-order valence-corrected chi connectivity index (χ4v) is 4.40. The summed E-state index contributed by atoms with van der Waals surface area (Å²) < 4.78 is 5.83. The van der Waals surface area contributed by atoms with E-state index >= 15 is 0 Å². The highest BCUT2D eigenvalue weighted by Gasteiger charge is 2.25. The van der Waals surface area contributed by atoms with E-state index in [0.717, 1.165) is 11.3 Å². The van der Waals surface area contributed by atoms with Gasteiger partial charge in [0.1, 0.15) is 23.0 Å². The van der Waals surface area contributed by atoms with Crippen LogP contribution in [0.3, 0.4) is 0 Å². The van der Waals surface area contributed by atoms with Gasteiger partial charge in [-0.25, -0.2) is 4.98 Å². The first-order valence-corrected chi connectivity index (χ1v) is 11.1. The number of nitrogens with zero attached hydrogens (tertiary/aromatic N) is 3. The van der Waals surface area contributed by atoms with E-state index in [1.54, 1.807) is 4.90 Å². The molecular formula is C24H22N4O4S. The van der Waals surface area contributed by atoms with Crippen LogP contribution in [0.2, 0.25) is 0 Å². The van der Waals surface area contributed by atoms with Crippen LogP contribution in [0.5, 0.6) is 11.5 Å². The number of hydrogen-bond acceptors (Lipinski definition) is 7. The summed E-state index contributed by atoms with van der Waals surface area (Å²) in [6.45, 7) is 1.72. The van der Waals surface area contributed by atoms with Gasteiger partial charge < -0.3 is 25.4 Å². The summed E-state index contributed by atoms with van der Waals surface area (Å²) in [5, 5.41) is 9.43. The smallest absolute Gasteiger partial charge is 0.298 e. The lowest BCUT2D eigenvalue weighted by molar-refractivity contribution is -0.125. The molecule has 0 unspecified atom stereocenters. The predicted octanol–water partition coefficient (Wildman–Crippen LogP) is 2.35. The van der Waals surface area contributed by atoms with Gasteiger partial charge in [0, 0.05) is 31.7 Å². The molecular weight excluding hydrogens is 440 g/mol. The Balaban J connectivity index is 1.49. The van der Waals surface area contributed by atoms with Crippen LogP contribution in [0.4, 0.5) is 5.13 Å². The van der Waals surface area contributed by atoms with Gasteiger partial charge in [-0.15, -0.1) is 0 Å². The fraction of sp³-hybridized carbons (Fsp3) is 0.208. The monoisotopic (exact) mass is 462 g/mol. The Bertz CT molecular complexity index is 1190. The zero-order valence-corrected chi connectivity index (χ0v) is 18.5. The first-order valence-electron chi connectivity index (χ1n) is 10.3. The topological polar surface area (TPSA) is 109 Å². The third-order valence-electron chi connectivity index (χ3n) is 5.06. The molecule has 1 fully saturated rings. The maximum Gasteiger partial charge on any atom is 0.298 e. The molecule has 0 bridgehead atoms. The second-order valence-corrected chi connectivity index (χ2v) is 8.19. The first-order chi connectivity index (χ1) is 16.0. The minimum Gasteiger partial charge on any atom is -0.457 e. The fourth-order valence-electron chi connectivity index (χ4n) is 3.41. The number of ether oxygens (including phenoxy) is 1. The average Bonchev–Trinajstić information content (AvgIpc) is 3.30. The van der Waals surface area contributed by atoms with Crippen LogP contribution in [0.1, 0.15) is 9.67 Å². The molecule has 0 spiro atoms. The number of carbonyl (C=O) groups excluding carboxylic acids is 2. The van der Waals surface area contributed by atoms with Gasteiger partial charge in [-0.2, -0.15) is 0 Å². The summed E-state index contributed by atoms with van der Waals surface area (Å²) in [5.41, 5.74) is 6.93. The Morgan fingerprint density at radius 1 is 1.03 bits per heavy atom. The van der Waals surface area contributed by atoms with E-state index in [0.29, 0.717) is 47.6 Å². The second-order valence-electron chi connectivity index (χ2n) is 7.22. The molecule has 8 nitrogen and oxygen atoms in total. The van der Waals surface area contributed by atoms with Crippen LogP contribution >= 0.6 is 11.3 Å². The minimum atomic E-state index is -0.536. The van der Waals surface area contributed by atoms with Gasteiger partial charge in [-0.1, -0.05) is 35.5 Å². The number of amides is 2. The number of primary amides is 1. The highest BCUT2D eigenvalue weighted by atomic mass is 32.1. The molecule has 9 heteroatoms. The third-order valence-corrected chi connectivity index (χ3v) is 6.19. The minimum absolute atomic E-state index is 0.306. The van der Waals surface area contributed by atoms with Crippen molar-refractivity contribution in [2.45, 2.75) is 0 Å². The number of thiazole rings is 1. The molecule has 168 valence electrons. The lowest BCUT2D eigenvalue weighted by Crippen LogP contribution is -2.48. The highest BCUT2D eigenvalue weighted by molar-refractivity contribution is 7.18. The molecule has 0 saturated carbocycles. The lowest BCUT2D eigenvalue weighted by Gasteiger charge is -2.33. The molecule has 3 N–H and O–H groups in total. The Morgan fingerprint density at radius 2 is 1.70 bits per heavy atom. The normalized spacial score (nSPS) is 13.2. The molecule has 3 aromatic rings.